The zero-order chi connectivity index (χ0) is 23.3. The molecule has 2 heterocycles. The summed E-state index contributed by atoms with van der Waals surface area (Å²) >= 11 is 0. The number of carbonyl (C=O) groups excluding carboxylic acids is 1. The molecule has 0 unspecified atom stereocenters. The third-order valence-electron chi connectivity index (χ3n) is 5.04. The van der Waals surface area contributed by atoms with E-state index < -0.39 is 11.7 Å². The maximum Gasteiger partial charge on any atom is 0.416 e. The van der Waals surface area contributed by atoms with Gasteiger partial charge in [-0.05, 0) is 36.2 Å². The number of benzene rings is 2. The van der Waals surface area contributed by atoms with Crippen LogP contribution in [0.4, 0.5) is 13.2 Å². The lowest BCUT2D eigenvalue weighted by atomic mass is 10.1. The van der Waals surface area contributed by atoms with Gasteiger partial charge in [-0.15, -0.1) is 0 Å². The molecule has 0 fully saturated rings. The van der Waals surface area contributed by atoms with Crippen molar-refractivity contribution in [3.63, 3.8) is 0 Å². The van der Waals surface area contributed by atoms with Gasteiger partial charge in [-0.3, -0.25) is 4.79 Å². The van der Waals surface area contributed by atoms with Crippen LogP contribution < -0.4 is 0 Å². The SMILES string of the molecule is O=C(c1ccco1)N(CCc1ccccc1)CCc1nc(-c2cccc(C(F)(F)F)c2)no1. The second kappa shape index (κ2) is 9.72. The van der Waals surface area contributed by atoms with Crippen LogP contribution in [0.25, 0.3) is 11.4 Å². The topological polar surface area (TPSA) is 72.4 Å². The first kappa shape index (κ1) is 22.3. The summed E-state index contributed by atoms with van der Waals surface area (Å²) in [7, 11) is 0. The van der Waals surface area contributed by atoms with Gasteiger partial charge in [0.1, 0.15) is 0 Å². The Morgan fingerprint density at radius 2 is 1.73 bits per heavy atom. The summed E-state index contributed by atoms with van der Waals surface area (Å²) in [5.41, 5.74) is 0.495. The number of alkyl halides is 3. The molecule has 0 atom stereocenters. The Morgan fingerprint density at radius 3 is 2.45 bits per heavy atom. The summed E-state index contributed by atoms with van der Waals surface area (Å²) in [5.74, 6) is 0.232. The summed E-state index contributed by atoms with van der Waals surface area (Å²) in [5, 5.41) is 3.80. The minimum Gasteiger partial charge on any atom is -0.459 e. The molecule has 0 aliphatic carbocycles. The Balaban J connectivity index is 1.45. The molecule has 1 amide bonds. The maximum absolute atomic E-state index is 13.0. The molecule has 0 N–H and O–H groups in total. The van der Waals surface area contributed by atoms with Crippen molar-refractivity contribution in [3.8, 4) is 11.4 Å². The Kier molecular flexibility index (Phi) is 6.58. The number of furan rings is 1. The van der Waals surface area contributed by atoms with Crippen molar-refractivity contribution < 1.29 is 26.9 Å². The lowest BCUT2D eigenvalue weighted by Crippen LogP contribution is -2.34. The van der Waals surface area contributed by atoms with Crippen LogP contribution in [0.2, 0.25) is 0 Å². The lowest BCUT2D eigenvalue weighted by molar-refractivity contribution is -0.137. The molecule has 2 aromatic carbocycles. The number of halogens is 3. The summed E-state index contributed by atoms with van der Waals surface area (Å²) in [6.45, 7) is 0.717. The Hall–Kier alpha value is -3.88. The van der Waals surface area contributed by atoms with Crippen LogP contribution in [0.5, 0.6) is 0 Å². The molecule has 0 bridgehead atoms. The van der Waals surface area contributed by atoms with E-state index in [0.29, 0.717) is 13.0 Å². The van der Waals surface area contributed by atoms with Crippen molar-refractivity contribution in [1.82, 2.24) is 15.0 Å². The van der Waals surface area contributed by atoms with Crippen molar-refractivity contribution in [1.29, 1.82) is 0 Å². The van der Waals surface area contributed by atoms with Gasteiger partial charge in [0.05, 0.1) is 11.8 Å². The van der Waals surface area contributed by atoms with E-state index in [9.17, 15) is 18.0 Å². The zero-order valence-electron chi connectivity index (χ0n) is 17.5. The molecule has 4 rings (SSSR count). The summed E-state index contributed by atoms with van der Waals surface area (Å²) < 4.78 is 49.4. The van der Waals surface area contributed by atoms with E-state index in [-0.39, 0.29) is 41.9 Å². The highest BCUT2D eigenvalue weighted by atomic mass is 19.4. The minimum absolute atomic E-state index is 0.0595. The highest BCUT2D eigenvalue weighted by Gasteiger charge is 2.30. The predicted molar refractivity (Wildman–Crippen MR) is 113 cm³/mol. The molecule has 6 nitrogen and oxygen atoms in total. The standard InChI is InChI=1S/C24H20F3N3O3/c25-24(26,27)19-9-4-8-18(16-19)22-28-21(33-29-22)12-14-30(23(31)20-10-5-15-32-20)13-11-17-6-2-1-3-7-17/h1-10,15-16H,11-14H2. The van der Waals surface area contributed by atoms with Crippen molar-refractivity contribution in [2.45, 2.75) is 19.0 Å². The van der Waals surface area contributed by atoms with E-state index in [2.05, 4.69) is 10.1 Å². The predicted octanol–water partition coefficient (Wildman–Crippen LogP) is 5.28. The second-order valence-electron chi connectivity index (χ2n) is 7.35. The van der Waals surface area contributed by atoms with Crippen LogP contribution >= 0.6 is 0 Å². The molecule has 0 spiro atoms. The zero-order valence-corrected chi connectivity index (χ0v) is 17.5. The smallest absolute Gasteiger partial charge is 0.416 e. The molecule has 0 aliphatic rings. The van der Waals surface area contributed by atoms with Gasteiger partial charge in [0.25, 0.3) is 5.91 Å². The average molecular weight is 455 g/mol. The van der Waals surface area contributed by atoms with Crippen LogP contribution in [0.1, 0.15) is 27.6 Å². The summed E-state index contributed by atoms with van der Waals surface area (Å²) in [6, 6.07) is 17.7. The monoisotopic (exact) mass is 455 g/mol. The van der Waals surface area contributed by atoms with Gasteiger partial charge >= 0.3 is 6.18 Å². The number of hydrogen-bond donors (Lipinski definition) is 0. The van der Waals surface area contributed by atoms with E-state index in [0.717, 1.165) is 17.7 Å². The van der Waals surface area contributed by atoms with Gasteiger partial charge in [0.2, 0.25) is 11.7 Å². The molecule has 0 saturated heterocycles. The third kappa shape index (κ3) is 5.68. The quantitative estimate of drug-likeness (QED) is 0.362. The van der Waals surface area contributed by atoms with E-state index in [1.54, 1.807) is 17.0 Å². The highest BCUT2D eigenvalue weighted by molar-refractivity contribution is 5.91. The first-order chi connectivity index (χ1) is 15.9. The van der Waals surface area contributed by atoms with E-state index in [4.69, 9.17) is 8.94 Å². The molecular formula is C24H20F3N3O3. The molecule has 4 aromatic rings. The van der Waals surface area contributed by atoms with Crippen molar-refractivity contribution in [2.75, 3.05) is 13.1 Å². The molecule has 170 valence electrons. The van der Waals surface area contributed by atoms with Crippen molar-refractivity contribution >= 4 is 5.91 Å². The minimum atomic E-state index is -4.46. The van der Waals surface area contributed by atoms with Gasteiger partial charge in [-0.1, -0.05) is 47.6 Å². The highest BCUT2D eigenvalue weighted by Crippen LogP contribution is 2.31. The molecule has 9 heteroatoms. The number of nitrogens with zero attached hydrogens (tertiary/aromatic N) is 3. The van der Waals surface area contributed by atoms with Crippen molar-refractivity contribution in [3.05, 3.63) is 95.8 Å². The Morgan fingerprint density at radius 1 is 0.939 bits per heavy atom. The Bertz CT molecular complexity index is 1190. The van der Waals surface area contributed by atoms with Crippen LogP contribution in [-0.2, 0) is 19.0 Å². The fourth-order valence-electron chi connectivity index (χ4n) is 3.32. The molecular weight excluding hydrogens is 435 g/mol. The van der Waals surface area contributed by atoms with Crippen LogP contribution in [-0.4, -0.2) is 34.0 Å². The second-order valence-corrected chi connectivity index (χ2v) is 7.35. The summed E-state index contributed by atoms with van der Waals surface area (Å²) in [6.07, 6.45) is -2.14. The van der Waals surface area contributed by atoms with Gasteiger partial charge in [-0.25, -0.2) is 0 Å². The van der Waals surface area contributed by atoms with Crippen LogP contribution in [0.15, 0.2) is 81.9 Å². The van der Waals surface area contributed by atoms with Crippen LogP contribution in [0, 0.1) is 0 Å². The Labute approximate surface area is 187 Å². The number of amides is 1. The number of hydrogen-bond acceptors (Lipinski definition) is 5. The molecule has 0 aliphatic heterocycles. The fraction of sp³-hybridized carbons (Fsp3) is 0.208. The fourth-order valence-corrected chi connectivity index (χ4v) is 3.32. The first-order valence-corrected chi connectivity index (χ1v) is 10.3. The molecule has 0 radical (unpaired) electrons. The normalized spacial score (nSPS) is 11.5. The van der Waals surface area contributed by atoms with Crippen molar-refractivity contribution in [2.24, 2.45) is 0 Å². The van der Waals surface area contributed by atoms with Gasteiger partial charge in [0.15, 0.2) is 5.76 Å². The van der Waals surface area contributed by atoms with E-state index >= 15 is 0 Å². The maximum atomic E-state index is 13.0. The summed E-state index contributed by atoms with van der Waals surface area (Å²) in [4.78, 5) is 18.7. The lowest BCUT2D eigenvalue weighted by Gasteiger charge is -2.21. The molecule has 0 saturated carbocycles. The molecule has 33 heavy (non-hydrogen) atoms. The number of rotatable bonds is 8. The van der Waals surface area contributed by atoms with Gasteiger partial charge < -0.3 is 13.8 Å². The van der Waals surface area contributed by atoms with Crippen LogP contribution in [0.3, 0.4) is 0 Å². The average Bonchev–Trinajstić information content (AvgIpc) is 3.52. The number of carbonyl (C=O) groups is 1. The third-order valence-corrected chi connectivity index (χ3v) is 5.04. The van der Waals surface area contributed by atoms with E-state index in [1.807, 2.05) is 30.3 Å². The molecule has 2 aromatic heterocycles. The van der Waals surface area contributed by atoms with Gasteiger partial charge in [-0.2, -0.15) is 18.2 Å². The van der Waals surface area contributed by atoms with Gasteiger partial charge in [0, 0.05) is 25.1 Å². The largest absolute Gasteiger partial charge is 0.459 e. The van der Waals surface area contributed by atoms with E-state index in [1.165, 1.54) is 18.4 Å². The first-order valence-electron chi connectivity index (χ1n) is 10.3. The number of aromatic nitrogens is 2.